The van der Waals surface area contributed by atoms with E-state index in [2.05, 4.69) is 30.2 Å². The maximum absolute atomic E-state index is 13.8. The molecule has 0 aromatic heterocycles. The van der Waals surface area contributed by atoms with E-state index in [0.717, 1.165) is 43.2 Å². The molecule has 2 atom stereocenters. The van der Waals surface area contributed by atoms with Gasteiger partial charge in [0.05, 0.1) is 0 Å². The highest BCUT2D eigenvalue weighted by atomic mass is 32.1. The number of nitrogens with one attached hydrogen (secondary N) is 2. The maximum Gasteiger partial charge on any atom is 0.408 e. The van der Waals surface area contributed by atoms with Crippen molar-refractivity contribution in [3.63, 3.8) is 0 Å². The van der Waals surface area contributed by atoms with Crippen molar-refractivity contribution in [1.82, 2.24) is 15.5 Å². The van der Waals surface area contributed by atoms with Gasteiger partial charge in [-0.1, -0.05) is 43.2 Å². The predicted octanol–water partition coefficient (Wildman–Crippen LogP) is 4.16. The number of carbonyl (C=O) groups excluding carboxylic acids is 3. The van der Waals surface area contributed by atoms with Crippen molar-refractivity contribution >= 4 is 30.5 Å². The number of unbranched alkanes of at least 4 members (excludes halogenated alkanes) is 1. The molecule has 2 N–H and O–H groups in total. The van der Waals surface area contributed by atoms with E-state index in [1.54, 1.807) is 25.7 Å². The van der Waals surface area contributed by atoms with Crippen LogP contribution in [0.5, 0.6) is 0 Å². The van der Waals surface area contributed by atoms with Gasteiger partial charge in [-0.3, -0.25) is 9.59 Å². The largest absolute Gasteiger partial charge is 0.444 e. The molecule has 33 heavy (non-hydrogen) atoms. The third kappa shape index (κ3) is 7.95. The normalized spacial score (nSPS) is 15.7. The zero-order valence-corrected chi connectivity index (χ0v) is 21.4. The lowest BCUT2D eigenvalue weighted by Gasteiger charge is -2.43. The summed E-state index contributed by atoms with van der Waals surface area (Å²) in [7, 11) is 0. The third-order valence-corrected chi connectivity index (χ3v) is 6.01. The summed E-state index contributed by atoms with van der Waals surface area (Å²) in [6.45, 7) is 9.89. The zero-order chi connectivity index (χ0) is 24.6. The average molecular weight is 478 g/mol. The van der Waals surface area contributed by atoms with Crippen molar-refractivity contribution in [3.05, 3.63) is 35.4 Å². The highest BCUT2D eigenvalue weighted by molar-refractivity contribution is 7.80. The van der Waals surface area contributed by atoms with Gasteiger partial charge in [-0.15, -0.1) is 0 Å². The van der Waals surface area contributed by atoms with Crippen LogP contribution in [-0.2, 0) is 14.3 Å². The molecule has 0 aliphatic heterocycles. The minimum absolute atomic E-state index is 0.0662. The summed E-state index contributed by atoms with van der Waals surface area (Å²) >= 11 is 4.32. The van der Waals surface area contributed by atoms with Crippen LogP contribution in [0.3, 0.4) is 0 Å². The Morgan fingerprint density at radius 3 is 2.30 bits per heavy atom. The van der Waals surface area contributed by atoms with E-state index in [0.29, 0.717) is 6.54 Å². The Kier molecular flexibility index (Phi) is 10.1. The number of rotatable bonds is 10. The van der Waals surface area contributed by atoms with Gasteiger partial charge in [0.2, 0.25) is 11.8 Å². The van der Waals surface area contributed by atoms with Crippen LogP contribution in [0.1, 0.15) is 77.0 Å². The molecule has 3 amide bonds. The number of benzene rings is 1. The summed E-state index contributed by atoms with van der Waals surface area (Å²) in [6.07, 6.45) is 3.79. The molecular weight excluding hydrogens is 438 g/mol. The Bertz CT molecular complexity index is 803. The lowest BCUT2D eigenvalue weighted by molar-refractivity contribution is -0.147. The van der Waals surface area contributed by atoms with Crippen molar-refractivity contribution in [2.24, 2.45) is 0 Å². The van der Waals surface area contributed by atoms with E-state index in [-0.39, 0.29) is 23.6 Å². The molecule has 0 saturated heterocycles. The molecule has 1 aliphatic rings. The van der Waals surface area contributed by atoms with E-state index < -0.39 is 23.8 Å². The third-order valence-electron chi connectivity index (χ3n) is 5.64. The molecule has 0 radical (unpaired) electrons. The van der Waals surface area contributed by atoms with Gasteiger partial charge in [-0.05, 0) is 58.9 Å². The van der Waals surface area contributed by atoms with Crippen LogP contribution in [0.25, 0.3) is 0 Å². The Morgan fingerprint density at radius 1 is 1.18 bits per heavy atom. The summed E-state index contributed by atoms with van der Waals surface area (Å²) < 4.78 is 5.34. The molecule has 184 valence electrons. The van der Waals surface area contributed by atoms with E-state index in [1.807, 2.05) is 31.2 Å². The van der Waals surface area contributed by atoms with Gasteiger partial charge in [-0.2, -0.15) is 12.6 Å². The van der Waals surface area contributed by atoms with Crippen molar-refractivity contribution in [3.8, 4) is 0 Å². The minimum Gasteiger partial charge on any atom is -0.444 e. The van der Waals surface area contributed by atoms with Crippen LogP contribution in [0, 0.1) is 6.92 Å². The monoisotopic (exact) mass is 477 g/mol. The first-order valence-electron chi connectivity index (χ1n) is 11.8. The first-order chi connectivity index (χ1) is 15.6. The molecule has 0 bridgehead atoms. The fourth-order valence-electron chi connectivity index (χ4n) is 3.67. The highest BCUT2D eigenvalue weighted by Gasteiger charge is 2.41. The first kappa shape index (κ1) is 27.0. The van der Waals surface area contributed by atoms with Gasteiger partial charge >= 0.3 is 6.09 Å². The fraction of sp³-hybridized carbons (Fsp3) is 0.640. The molecule has 7 nitrogen and oxygen atoms in total. The summed E-state index contributed by atoms with van der Waals surface area (Å²) in [5.41, 5.74) is 1.14. The molecule has 8 heteroatoms. The number of nitrogens with zero attached hydrogens (tertiary/aromatic N) is 1. The molecule has 2 rings (SSSR count). The van der Waals surface area contributed by atoms with Crippen LogP contribution >= 0.6 is 12.6 Å². The number of carbonyl (C=O) groups is 3. The predicted molar refractivity (Wildman–Crippen MR) is 133 cm³/mol. The Balaban J connectivity index is 2.36. The van der Waals surface area contributed by atoms with Gasteiger partial charge in [-0.25, -0.2) is 4.79 Å². The first-order valence-corrected chi connectivity index (χ1v) is 12.5. The van der Waals surface area contributed by atoms with E-state index >= 15 is 0 Å². The van der Waals surface area contributed by atoms with E-state index in [9.17, 15) is 14.4 Å². The molecular formula is C25H39N3O4S. The van der Waals surface area contributed by atoms with Gasteiger partial charge in [0.15, 0.2) is 0 Å². The zero-order valence-electron chi connectivity index (χ0n) is 20.5. The lowest BCUT2D eigenvalue weighted by Crippen LogP contribution is -2.58. The molecule has 1 fully saturated rings. The highest BCUT2D eigenvalue weighted by Crippen LogP contribution is 2.34. The molecule has 1 aromatic rings. The lowest BCUT2D eigenvalue weighted by atomic mass is 9.88. The van der Waals surface area contributed by atoms with E-state index in [1.165, 1.54) is 0 Å². The van der Waals surface area contributed by atoms with Crippen LogP contribution in [0.2, 0.25) is 0 Å². The molecule has 1 saturated carbocycles. The number of amides is 3. The van der Waals surface area contributed by atoms with Crippen LogP contribution < -0.4 is 10.6 Å². The van der Waals surface area contributed by atoms with Gasteiger partial charge in [0, 0.05) is 18.3 Å². The van der Waals surface area contributed by atoms with Crippen LogP contribution in [-0.4, -0.2) is 52.8 Å². The Labute approximate surface area is 203 Å². The standard InChI is InChI=1S/C25H39N3O4S/c1-6-7-15-26-22(29)21(18-13-11-17(2)12-14-18)28(19-9-8-10-19)23(30)20(16-33)27-24(31)32-25(3,4)5/h11-14,19-21,33H,6-10,15-16H2,1-5H3,(H,26,29)(H,27,31). The van der Waals surface area contributed by atoms with Crippen molar-refractivity contribution in [2.45, 2.75) is 90.4 Å². The summed E-state index contributed by atoms with van der Waals surface area (Å²) in [5.74, 6) is -0.432. The van der Waals surface area contributed by atoms with Crippen molar-refractivity contribution < 1.29 is 19.1 Å². The number of ether oxygens (including phenoxy) is 1. The smallest absolute Gasteiger partial charge is 0.408 e. The Hall–Kier alpha value is -2.22. The van der Waals surface area contributed by atoms with Gasteiger partial charge < -0.3 is 20.3 Å². The second kappa shape index (κ2) is 12.3. The summed E-state index contributed by atoms with van der Waals surface area (Å²) in [5, 5.41) is 5.65. The number of alkyl carbamates (subject to hydrolysis) is 1. The molecule has 1 aliphatic carbocycles. The fourth-order valence-corrected chi connectivity index (χ4v) is 3.92. The molecule has 1 aromatic carbocycles. The van der Waals surface area contributed by atoms with Gasteiger partial charge in [0.1, 0.15) is 17.7 Å². The summed E-state index contributed by atoms with van der Waals surface area (Å²) in [4.78, 5) is 41.2. The van der Waals surface area contributed by atoms with Gasteiger partial charge in [0.25, 0.3) is 0 Å². The van der Waals surface area contributed by atoms with Crippen LogP contribution in [0.4, 0.5) is 4.79 Å². The van der Waals surface area contributed by atoms with Crippen molar-refractivity contribution in [1.29, 1.82) is 0 Å². The SMILES string of the molecule is CCCCNC(=O)C(c1ccc(C)cc1)N(C(=O)C(CS)NC(=O)OC(C)(C)C)C1CCC1. The topological polar surface area (TPSA) is 87.7 Å². The molecule has 2 unspecified atom stereocenters. The Morgan fingerprint density at radius 2 is 1.82 bits per heavy atom. The molecule has 0 spiro atoms. The number of aryl methyl sites for hydroxylation is 1. The summed E-state index contributed by atoms with van der Waals surface area (Å²) in [6, 6.07) is 5.94. The minimum atomic E-state index is -0.903. The average Bonchev–Trinajstić information content (AvgIpc) is 2.70. The number of thiol groups is 1. The second-order valence-electron chi connectivity index (χ2n) is 9.67. The molecule has 0 heterocycles. The van der Waals surface area contributed by atoms with Crippen LogP contribution in [0.15, 0.2) is 24.3 Å². The maximum atomic E-state index is 13.8. The second-order valence-corrected chi connectivity index (χ2v) is 10.0. The number of hydrogen-bond acceptors (Lipinski definition) is 5. The van der Waals surface area contributed by atoms with E-state index in [4.69, 9.17) is 4.74 Å². The quantitative estimate of drug-likeness (QED) is 0.349. The number of hydrogen-bond donors (Lipinski definition) is 3. The van der Waals surface area contributed by atoms with Crippen molar-refractivity contribution in [2.75, 3.05) is 12.3 Å².